The van der Waals surface area contributed by atoms with Gasteiger partial charge in [0.05, 0.1) is 15.9 Å². The van der Waals surface area contributed by atoms with Crippen LogP contribution >= 0.6 is 11.3 Å². The number of piperidine rings is 1. The van der Waals surface area contributed by atoms with Crippen LogP contribution in [0.1, 0.15) is 75.3 Å². The Morgan fingerprint density at radius 2 is 1.90 bits per heavy atom. The zero-order valence-corrected chi connectivity index (χ0v) is 26.4. The second-order valence-electron chi connectivity index (χ2n) is 11.0. The molecule has 1 aromatic carbocycles. The molecule has 12 heteroatoms. The number of nitrogens with one attached hydrogen (secondary N) is 2. The number of carbonyl (C=O) groups is 3. The fourth-order valence-corrected chi connectivity index (χ4v) is 6.51. The molecular weight excluding hydrogens is 560 g/mol. The molecule has 1 fully saturated rings. The molecule has 1 aliphatic heterocycles. The number of nitrogens with two attached hydrogens (primary N) is 1. The third-order valence-corrected chi connectivity index (χ3v) is 9.59. The molecule has 3 amide bonds. The van der Waals surface area contributed by atoms with Crippen LogP contribution in [0, 0.1) is 5.92 Å². The number of rotatable bonds is 13. The lowest BCUT2D eigenvalue weighted by Crippen LogP contribution is -2.58. The zero-order valence-electron chi connectivity index (χ0n) is 24.7. The minimum absolute atomic E-state index is 0.00353. The van der Waals surface area contributed by atoms with Gasteiger partial charge in [-0.15, -0.1) is 11.3 Å². The van der Waals surface area contributed by atoms with Crippen molar-refractivity contribution >= 4 is 45.7 Å². The van der Waals surface area contributed by atoms with E-state index in [4.69, 9.17) is 5.73 Å². The number of aromatic nitrogens is 1. The van der Waals surface area contributed by atoms with Gasteiger partial charge in [0.2, 0.25) is 11.8 Å². The quantitative estimate of drug-likeness (QED) is 0.298. The summed E-state index contributed by atoms with van der Waals surface area (Å²) in [6.45, 7) is 9.64. The first-order chi connectivity index (χ1) is 19.5. The van der Waals surface area contributed by atoms with Crippen molar-refractivity contribution in [2.24, 2.45) is 5.92 Å². The Kier molecular flexibility index (Phi) is 12.3. The molecule has 1 aliphatic rings. The molecule has 10 nitrogen and oxygen atoms in total. The van der Waals surface area contributed by atoms with E-state index in [0.717, 1.165) is 37.2 Å². The maximum Gasteiger partial charge on any atom is 0.282 e. The van der Waals surface area contributed by atoms with Crippen LogP contribution in [0.3, 0.4) is 0 Å². The van der Waals surface area contributed by atoms with Crippen molar-refractivity contribution in [2.45, 2.75) is 89.2 Å². The number of nitrogens with zero attached hydrogens (tertiary/aromatic N) is 3. The van der Waals surface area contributed by atoms with Gasteiger partial charge in [-0.2, -0.15) is 0 Å². The highest BCUT2D eigenvalue weighted by atomic mass is 32.2. The number of hydrogen-bond acceptors (Lipinski definition) is 8. The maximum atomic E-state index is 13.4. The third-order valence-electron chi connectivity index (χ3n) is 7.61. The summed E-state index contributed by atoms with van der Waals surface area (Å²) < 4.78 is 14.9. The minimum Gasteiger partial charge on any atom is -0.399 e. The van der Waals surface area contributed by atoms with Crippen LogP contribution in [0.25, 0.3) is 0 Å². The number of aryl methyl sites for hydroxylation is 1. The molecule has 226 valence electrons. The smallest absolute Gasteiger partial charge is 0.282 e. The second kappa shape index (κ2) is 15.4. The summed E-state index contributed by atoms with van der Waals surface area (Å²) in [5.41, 5.74) is 6.41. The fourth-order valence-electron chi connectivity index (χ4n) is 4.92. The van der Waals surface area contributed by atoms with Crippen molar-refractivity contribution in [3.8, 4) is 0 Å². The van der Waals surface area contributed by atoms with E-state index < -0.39 is 22.9 Å². The molecule has 0 spiro atoms. The summed E-state index contributed by atoms with van der Waals surface area (Å²) in [6, 6.07) is 5.94. The first-order valence-electron chi connectivity index (χ1n) is 14.4. The molecule has 1 saturated heterocycles. The maximum absolute atomic E-state index is 13.4. The first-order valence-corrected chi connectivity index (χ1v) is 16.4. The topological polar surface area (TPSA) is 138 Å². The Bertz CT molecular complexity index is 1200. The van der Waals surface area contributed by atoms with Crippen LogP contribution in [0.5, 0.6) is 0 Å². The average Bonchev–Trinajstić information content (AvgIpc) is 3.44. The van der Waals surface area contributed by atoms with Crippen molar-refractivity contribution < 1.29 is 18.6 Å². The highest BCUT2D eigenvalue weighted by molar-refractivity contribution is 7.83. The molecule has 4 atom stereocenters. The predicted molar refractivity (Wildman–Crippen MR) is 164 cm³/mol. The van der Waals surface area contributed by atoms with E-state index in [2.05, 4.69) is 33.8 Å². The van der Waals surface area contributed by atoms with Crippen molar-refractivity contribution in [3.63, 3.8) is 0 Å². The lowest BCUT2D eigenvalue weighted by molar-refractivity contribution is -0.139. The normalized spacial score (nSPS) is 18.0. The van der Waals surface area contributed by atoms with Gasteiger partial charge in [0.1, 0.15) is 11.7 Å². The monoisotopic (exact) mass is 604 g/mol. The first kappa shape index (κ1) is 32.7. The molecule has 0 aliphatic carbocycles. The highest BCUT2D eigenvalue weighted by Crippen LogP contribution is 2.21. The number of hydrogen-bond donors (Lipinski definition) is 3. The summed E-state index contributed by atoms with van der Waals surface area (Å²) in [7, 11) is 0.0446. The van der Waals surface area contributed by atoms with Gasteiger partial charge in [-0.05, 0) is 69.8 Å². The Morgan fingerprint density at radius 3 is 2.56 bits per heavy atom. The fraction of sp³-hybridized carbons (Fsp3) is 0.586. The number of amides is 3. The van der Waals surface area contributed by atoms with Crippen LogP contribution in [-0.2, 0) is 27.0 Å². The standard InChI is InChI=1S/C29H44N6O4S2/c1-6-20(4)26(32-28(37)24-10-7-8-17-35(24)19(2)3)29(38)34(5)16-9-11-25-31-23(18-40-25)27(36)33-41(39)22-14-12-21(30)13-15-22/h12-15,18-20,24,26H,6-11,16-17,30H2,1-5H3,(H,32,37)(H,33,36). The number of benzene rings is 1. The van der Waals surface area contributed by atoms with Crippen LogP contribution < -0.4 is 15.8 Å². The van der Waals surface area contributed by atoms with Gasteiger partial charge < -0.3 is 16.0 Å². The summed E-state index contributed by atoms with van der Waals surface area (Å²) in [6.07, 6.45) is 4.93. The Morgan fingerprint density at radius 1 is 1.20 bits per heavy atom. The third kappa shape index (κ3) is 9.08. The van der Waals surface area contributed by atoms with Crippen molar-refractivity contribution in [3.05, 3.63) is 40.3 Å². The number of thiazole rings is 1. The van der Waals surface area contributed by atoms with Crippen LogP contribution in [0.15, 0.2) is 34.5 Å². The van der Waals surface area contributed by atoms with Gasteiger partial charge in [-0.1, -0.05) is 26.7 Å². The van der Waals surface area contributed by atoms with E-state index in [-0.39, 0.29) is 35.5 Å². The van der Waals surface area contributed by atoms with E-state index in [1.165, 1.54) is 11.3 Å². The molecule has 4 unspecified atom stereocenters. The molecule has 1 aromatic heterocycles. The Balaban J connectivity index is 1.52. The zero-order chi connectivity index (χ0) is 30.1. The molecule has 0 saturated carbocycles. The molecule has 41 heavy (non-hydrogen) atoms. The van der Waals surface area contributed by atoms with Gasteiger partial charge in [-0.25, -0.2) is 9.19 Å². The van der Waals surface area contributed by atoms with Crippen molar-refractivity contribution in [1.29, 1.82) is 0 Å². The van der Waals surface area contributed by atoms with Crippen molar-refractivity contribution in [2.75, 3.05) is 25.9 Å². The number of likely N-dealkylation sites (N-methyl/N-ethyl adjacent to an activating group) is 1. The Labute approximate surface area is 250 Å². The van der Waals surface area contributed by atoms with Gasteiger partial charge in [-0.3, -0.25) is 24.0 Å². The summed E-state index contributed by atoms with van der Waals surface area (Å²) in [5.74, 6) is -0.666. The van der Waals surface area contributed by atoms with E-state index >= 15 is 0 Å². The lowest BCUT2D eigenvalue weighted by Gasteiger charge is -2.38. The molecule has 4 N–H and O–H groups in total. The highest BCUT2D eigenvalue weighted by Gasteiger charge is 2.35. The van der Waals surface area contributed by atoms with Gasteiger partial charge >= 0.3 is 0 Å². The van der Waals surface area contributed by atoms with E-state index in [0.29, 0.717) is 30.0 Å². The van der Waals surface area contributed by atoms with Crippen LogP contribution in [0.4, 0.5) is 5.69 Å². The summed E-state index contributed by atoms with van der Waals surface area (Å²) in [5, 5.41) is 5.49. The largest absolute Gasteiger partial charge is 0.399 e. The predicted octanol–water partition coefficient (Wildman–Crippen LogP) is 3.36. The van der Waals surface area contributed by atoms with Gasteiger partial charge in [0.25, 0.3) is 5.91 Å². The average molecular weight is 605 g/mol. The lowest BCUT2D eigenvalue weighted by atomic mass is 9.95. The van der Waals surface area contributed by atoms with E-state index in [1.54, 1.807) is 41.6 Å². The van der Waals surface area contributed by atoms with E-state index in [9.17, 15) is 18.6 Å². The van der Waals surface area contributed by atoms with Gasteiger partial charge in [0, 0.05) is 37.1 Å². The van der Waals surface area contributed by atoms with Crippen LogP contribution in [-0.4, -0.2) is 75.0 Å². The molecule has 0 radical (unpaired) electrons. The van der Waals surface area contributed by atoms with Crippen LogP contribution in [0.2, 0.25) is 0 Å². The molecule has 2 heterocycles. The number of carbonyl (C=O) groups excluding carboxylic acids is 3. The SMILES string of the molecule is CCC(C)C(NC(=O)C1CCCCN1C(C)C)C(=O)N(C)CCCc1nc(C(=O)NS(=O)c2ccc(N)cc2)cs1. The number of likely N-dealkylation sites (tertiary alicyclic amines) is 1. The number of nitrogen functional groups attached to an aromatic ring is 1. The summed E-state index contributed by atoms with van der Waals surface area (Å²) >= 11 is 1.35. The molecule has 3 rings (SSSR count). The Hall–Kier alpha value is -2.83. The molecule has 0 bridgehead atoms. The van der Waals surface area contributed by atoms with Gasteiger partial charge in [0.15, 0.2) is 11.0 Å². The van der Waals surface area contributed by atoms with Crippen molar-refractivity contribution in [1.82, 2.24) is 24.8 Å². The van der Waals surface area contributed by atoms with E-state index in [1.807, 2.05) is 13.8 Å². The summed E-state index contributed by atoms with van der Waals surface area (Å²) in [4.78, 5) is 48.0. The number of anilines is 1. The minimum atomic E-state index is -1.72. The molecular formula is C29H44N6O4S2. The molecule has 2 aromatic rings. The second-order valence-corrected chi connectivity index (χ2v) is 13.1.